The van der Waals surface area contributed by atoms with Crippen molar-refractivity contribution in [1.29, 1.82) is 0 Å². The number of benzene rings is 9. The normalized spacial score (nSPS) is 14.3. The number of hydrogen-bond donors (Lipinski definition) is 0. The molecule has 0 N–H and O–H groups in total. The van der Waals surface area contributed by atoms with Crippen LogP contribution >= 0.6 is 0 Å². The third-order valence-corrected chi connectivity index (χ3v) is 13.4. The van der Waals surface area contributed by atoms with Gasteiger partial charge in [0.1, 0.15) is 11.2 Å². The fourth-order valence-electron chi connectivity index (χ4n) is 10.6. The van der Waals surface area contributed by atoms with E-state index in [1.807, 2.05) is 0 Å². The van der Waals surface area contributed by atoms with Crippen LogP contribution in [0.25, 0.3) is 66.1 Å². The van der Waals surface area contributed by atoms with Gasteiger partial charge < -0.3 is 14.1 Å². The summed E-state index contributed by atoms with van der Waals surface area (Å²) in [4.78, 5) is 5.22. The Bertz CT molecular complexity index is 3370. The summed E-state index contributed by atoms with van der Waals surface area (Å²) in [5.41, 5.74) is 20.0. The first-order chi connectivity index (χ1) is 29.0. The maximum Gasteiger partial charge on any atom is 0.333 e. The van der Waals surface area contributed by atoms with E-state index in [0.717, 1.165) is 27.6 Å². The molecule has 0 spiro atoms. The third-order valence-electron chi connectivity index (χ3n) is 13.4. The van der Waals surface area contributed by atoms with Crippen LogP contribution in [-0.2, 0) is 5.41 Å². The number of rotatable bonds is 3. The SMILES string of the molecule is CC1(C)c2cc3ccccc3cc2N2c3cc4c(oc5ccccc54)c4c3B(c3cccc1c32)N(c1ccc(-c2ccccc2)cc1)c1cc(-c2ccccc2)ccc1-4. The molecule has 0 saturated heterocycles. The van der Waals surface area contributed by atoms with Crippen molar-refractivity contribution in [1.82, 2.24) is 0 Å². The molecule has 0 amide bonds. The molecule has 4 heteroatoms. The third kappa shape index (κ3) is 4.49. The van der Waals surface area contributed by atoms with E-state index >= 15 is 0 Å². The molecule has 3 nitrogen and oxygen atoms in total. The fraction of sp³-hybridized carbons (Fsp3) is 0.0545. The number of fused-ring (bicyclic) bond motifs is 11. The van der Waals surface area contributed by atoms with Gasteiger partial charge >= 0.3 is 6.85 Å². The molecule has 0 atom stereocenters. The minimum Gasteiger partial charge on any atom is -0.455 e. The van der Waals surface area contributed by atoms with Gasteiger partial charge in [0.05, 0.1) is 5.69 Å². The summed E-state index contributed by atoms with van der Waals surface area (Å²) in [5.74, 6) is 0. The number of para-hydroxylation sites is 2. The zero-order chi connectivity index (χ0) is 39.0. The zero-order valence-corrected chi connectivity index (χ0v) is 32.8. The summed E-state index contributed by atoms with van der Waals surface area (Å²) < 4.78 is 7.02. The molecular formula is C55H37BN2O. The van der Waals surface area contributed by atoms with Gasteiger partial charge in [-0.2, -0.15) is 0 Å². The smallest absolute Gasteiger partial charge is 0.333 e. The molecule has 0 unspecified atom stereocenters. The molecule has 9 aromatic carbocycles. The summed E-state index contributed by atoms with van der Waals surface area (Å²) in [7, 11) is 0. The molecule has 0 saturated carbocycles. The van der Waals surface area contributed by atoms with E-state index in [9.17, 15) is 0 Å². The summed E-state index contributed by atoms with van der Waals surface area (Å²) in [6, 6.07) is 69.4. The summed E-state index contributed by atoms with van der Waals surface area (Å²) in [6.07, 6.45) is 0. The average molecular weight is 753 g/mol. The summed E-state index contributed by atoms with van der Waals surface area (Å²) in [5, 5.41) is 4.78. The number of anilines is 5. The Hall–Kier alpha value is -7.30. The van der Waals surface area contributed by atoms with Gasteiger partial charge in [0, 0.05) is 50.1 Å². The molecule has 10 aromatic rings. The van der Waals surface area contributed by atoms with E-state index < -0.39 is 0 Å². The Morgan fingerprint density at radius 2 is 1.15 bits per heavy atom. The highest BCUT2D eigenvalue weighted by Gasteiger charge is 2.50. The molecule has 0 fully saturated rings. The minimum absolute atomic E-state index is 0.136. The van der Waals surface area contributed by atoms with Crippen LogP contribution in [0.1, 0.15) is 25.0 Å². The summed E-state index contributed by atoms with van der Waals surface area (Å²) in [6.45, 7) is 4.68. The van der Waals surface area contributed by atoms with Gasteiger partial charge in [0.25, 0.3) is 0 Å². The van der Waals surface area contributed by atoms with Crippen molar-refractivity contribution in [2.75, 3.05) is 9.71 Å². The van der Waals surface area contributed by atoms with Gasteiger partial charge in [-0.15, -0.1) is 0 Å². The van der Waals surface area contributed by atoms with Crippen molar-refractivity contribution in [3.63, 3.8) is 0 Å². The lowest BCUT2D eigenvalue weighted by molar-refractivity contribution is 0.633. The van der Waals surface area contributed by atoms with E-state index in [2.05, 4.69) is 212 Å². The molecule has 13 rings (SSSR count). The first kappa shape index (κ1) is 32.8. The van der Waals surface area contributed by atoms with Crippen molar-refractivity contribution in [2.45, 2.75) is 19.3 Å². The molecule has 3 aliphatic heterocycles. The Morgan fingerprint density at radius 1 is 0.492 bits per heavy atom. The first-order valence-electron chi connectivity index (χ1n) is 20.6. The van der Waals surface area contributed by atoms with Gasteiger partial charge in [0.2, 0.25) is 0 Å². The van der Waals surface area contributed by atoms with Crippen LogP contribution in [0, 0.1) is 0 Å². The van der Waals surface area contributed by atoms with Crippen LogP contribution in [0.4, 0.5) is 28.4 Å². The number of furan rings is 1. The Kier molecular flexibility index (Phi) is 6.59. The zero-order valence-electron chi connectivity index (χ0n) is 32.8. The first-order valence-corrected chi connectivity index (χ1v) is 20.6. The van der Waals surface area contributed by atoms with Gasteiger partial charge in [-0.3, -0.25) is 0 Å². The molecular weight excluding hydrogens is 715 g/mol. The maximum atomic E-state index is 7.02. The van der Waals surface area contributed by atoms with Crippen molar-refractivity contribution in [3.05, 3.63) is 199 Å². The maximum absolute atomic E-state index is 7.02. The van der Waals surface area contributed by atoms with Crippen LogP contribution in [0.15, 0.2) is 192 Å². The lowest BCUT2D eigenvalue weighted by Gasteiger charge is -2.50. The second-order valence-electron chi connectivity index (χ2n) is 16.9. The van der Waals surface area contributed by atoms with E-state index in [1.165, 1.54) is 89.0 Å². The van der Waals surface area contributed by atoms with E-state index in [-0.39, 0.29) is 12.3 Å². The van der Waals surface area contributed by atoms with Gasteiger partial charge in [0.15, 0.2) is 0 Å². The monoisotopic (exact) mass is 752 g/mol. The van der Waals surface area contributed by atoms with Gasteiger partial charge in [-0.1, -0.05) is 159 Å². The highest BCUT2D eigenvalue weighted by molar-refractivity contribution is 6.94. The Morgan fingerprint density at radius 3 is 1.93 bits per heavy atom. The molecule has 4 heterocycles. The highest BCUT2D eigenvalue weighted by atomic mass is 16.3. The van der Waals surface area contributed by atoms with E-state index in [1.54, 1.807) is 0 Å². The number of hydrogen-bond acceptors (Lipinski definition) is 3. The Balaban J connectivity index is 1.17. The highest BCUT2D eigenvalue weighted by Crippen LogP contribution is 2.57. The van der Waals surface area contributed by atoms with Crippen molar-refractivity contribution in [3.8, 4) is 33.4 Å². The lowest BCUT2D eigenvalue weighted by Crippen LogP contribution is -2.62. The number of nitrogens with zero attached hydrogens (tertiary/aromatic N) is 2. The van der Waals surface area contributed by atoms with Crippen molar-refractivity contribution < 1.29 is 4.42 Å². The quantitative estimate of drug-likeness (QED) is 0.168. The summed E-state index contributed by atoms with van der Waals surface area (Å²) >= 11 is 0. The molecule has 276 valence electrons. The fourth-order valence-corrected chi connectivity index (χ4v) is 10.6. The minimum atomic E-state index is -0.247. The largest absolute Gasteiger partial charge is 0.455 e. The topological polar surface area (TPSA) is 19.6 Å². The van der Waals surface area contributed by atoms with E-state index in [0.29, 0.717) is 0 Å². The lowest BCUT2D eigenvalue weighted by atomic mass is 9.42. The van der Waals surface area contributed by atoms with Gasteiger partial charge in [-0.05, 0) is 97.5 Å². The van der Waals surface area contributed by atoms with Crippen LogP contribution in [0.5, 0.6) is 0 Å². The molecule has 3 aliphatic rings. The molecule has 0 radical (unpaired) electrons. The standard InChI is InChI=1S/C55H37BN2O/c1-55(2)44-21-13-22-46-53(44)57(48-32-38-19-10-9-18-37(38)30-45(48)55)49-33-43-41-20-11-12-23-50(41)59-54(43)51-42-29-26-39(35-16-7-4-8-17-35)31-47(42)58(56(46)52(49)51)40-27-24-36(25-28-40)34-14-5-3-6-15-34/h3-33H,1-2H3. The predicted molar refractivity (Wildman–Crippen MR) is 248 cm³/mol. The molecule has 1 aromatic heterocycles. The van der Waals surface area contributed by atoms with Gasteiger partial charge in [-0.25, -0.2) is 0 Å². The Labute approximate surface area is 343 Å². The second kappa shape index (κ2) is 11.9. The van der Waals surface area contributed by atoms with Crippen LogP contribution in [0.3, 0.4) is 0 Å². The van der Waals surface area contributed by atoms with Crippen molar-refractivity contribution in [2.24, 2.45) is 0 Å². The molecule has 0 aliphatic carbocycles. The van der Waals surface area contributed by atoms with Crippen molar-refractivity contribution >= 4 is 78.9 Å². The predicted octanol–water partition coefficient (Wildman–Crippen LogP) is 13.4. The average Bonchev–Trinajstić information content (AvgIpc) is 3.67. The van der Waals surface area contributed by atoms with Crippen LogP contribution in [-0.4, -0.2) is 6.85 Å². The molecule has 0 bridgehead atoms. The van der Waals surface area contributed by atoms with Crippen LogP contribution < -0.4 is 20.6 Å². The van der Waals surface area contributed by atoms with E-state index in [4.69, 9.17) is 4.42 Å². The molecule has 59 heavy (non-hydrogen) atoms. The van der Waals surface area contributed by atoms with Crippen LogP contribution in [0.2, 0.25) is 0 Å². The second-order valence-corrected chi connectivity index (χ2v) is 16.9.